The second-order valence-electron chi connectivity index (χ2n) is 11.2. The largest absolute Gasteiger partial charge is 0.377 e. The molecule has 1 heterocycles. The molecular weight excluding hydrogens is 462 g/mol. The van der Waals surface area contributed by atoms with Crippen molar-refractivity contribution in [3.8, 4) is 0 Å². The monoisotopic (exact) mass is 501 g/mol. The SMILES string of the molecule is CO[C@@H](COC(c1ccccc1)(c1ccccc1)c1ccccc1)[C@@H]1CC(=O)N1[Si](C)(C)C(C)(C)C. The first-order valence-electron chi connectivity index (χ1n) is 12.8. The molecule has 1 aliphatic rings. The number of benzene rings is 3. The molecule has 190 valence electrons. The van der Waals surface area contributed by atoms with E-state index >= 15 is 0 Å². The molecule has 0 aliphatic carbocycles. The molecule has 0 spiro atoms. The standard InChI is InChI=1S/C31H39NO3Si/c1-30(2,3)36(5,6)32-27(22-29(32)33)28(34-4)23-35-31(24-16-10-7-11-17-24,25-18-12-8-13-19-25)26-20-14-9-15-21-26/h7-21,27-28H,22-23H2,1-6H3/t27-,28-/m0/s1. The second kappa shape index (κ2) is 10.3. The van der Waals surface area contributed by atoms with Crippen LogP contribution in [-0.4, -0.2) is 44.6 Å². The highest BCUT2D eigenvalue weighted by atomic mass is 28.3. The number of ether oxygens (including phenoxy) is 2. The number of β-lactam (4-membered cyclic amide) rings is 1. The van der Waals surface area contributed by atoms with E-state index in [0.29, 0.717) is 13.0 Å². The van der Waals surface area contributed by atoms with Crippen LogP contribution < -0.4 is 0 Å². The molecule has 0 aromatic heterocycles. The summed E-state index contributed by atoms with van der Waals surface area (Å²) in [6.07, 6.45) is 0.274. The van der Waals surface area contributed by atoms with Crippen LogP contribution in [0.3, 0.4) is 0 Å². The van der Waals surface area contributed by atoms with Gasteiger partial charge in [-0.3, -0.25) is 4.79 Å². The first-order valence-corrected chi connectivity index (χ1v) is 15.7. The van der Waals surface area contributed by atoms with Crippen molar-refractivity contribution in [1.29, 1.82) is 0 Å². The number of amides is 1. The van der Waals surface area contributed by atoms with Crippen LogP contribution in [0.2, 0.25) is 18.1 Å². The molecule has 3 aromatic rings. The summed E-state index contributed by atoms with van der Waals surface area (Å²) < 4.78 is 15.2. The lowest BCUT2D eigenvalue weighted by Gasteiger charge is -2.56. The minimum atomic E-state index is -2.05. The van der Waals surface area contributed by atoms with E-state index in [2.05, 4.69) is 111 Å². The predicted molar refractivity (Wildman–Crippen MR) is 148 cm³/mol. The van der Waals surface area contributed by atoms with Crippen molar-refractivity contribution < 1.29 is 14.3 Å². The highest BCUT2D eigenvalue weighted by Gasteiger charge is 2.54. The van der Waals surface area contributed by atoms with Crippen molar-refractivity contribution in [3.63, 3.8) is 0 Å². The lowest BCUT2D eigenvalue weighted by atomic mass is 9.80. The van der Waals surface area contributed by atoms with E-state index in [1.54, 1.807) is 7.11 Å². The van der Waals surface area contributed by atoms with Gasteiger partial charge in [-0.25, -0.2) is 0 Å². The Balaban J connectivity index is 1.74. The molecule has 0 unspecified atom stereocenters. The Hall–Kier alpha value is -2.73. The third kappa shape index (κ3) is 4.68. The van der Waals surface area contributed by atoms with Gasteiger partial charge in [0, 0.05) is 13.5 Å². The highest BCUT2D eigenvalue weighted by Crippen LogP contribution is 2.45. The van der Waals surface area contributed by atoms with Crippen LogP contribution in [-0.2, 0) is 19.9 Å². The Morgan fingerprint density at radius 2 is 1.25 bits per heavy atom. The molecular formula is C31H39NO3Si. The first kappa shape index (κ1) is 26.3. The fourth-order valence-electron chi connectivity index (χ4n) is 5.14. The maximum Gasteiger partial charge on any atom is 0.217 e. The molecule has 3 aromatic carbocycles. The molecule has 1 fully saturated rings. The number of nitrogens with zero attached hydrogens (tertiary/aromatic N) is 1. The van der Waals surface area contributed by atoms with Crippen LogP contribution in [0.1, 0.15) is 43.9 Å². The van der Waals surface area contributed by atoms with Crippen molar-refractivity contribution in [2.75, 3.05) is 13.7 Å². The maximum absolute atomic E-state index is 12.9. The quantitative estimate of drug-likeness (QED) is 0.188. The van der Waals surface area contributed by atoms with Gasteiger partial charge in [0.05, 0.1) is 12.6 Å². The zero-order valence-electron chi connectivity index (χ0n) is 22.4. The molecule has 5 heteroatoms. The normalized spacial score (nSPS) is 17.6. The number of methoxy groups -OCH3 is 1. The third-order valence-corrected chi connectivity index (χ3v) is 13.6. The number of hydrogen-bond acceptors (Lipinski definition) is 3. The van der Waals surface area contributed by atoms with Gasteiger partial charge in [0.1, 0.15) is 11.7 Å². The summed E-state index contributed by atoms with van der Waals surface area (Å²) in [5, 5.41) is 0.0579. The maximum atomic E-state index is 12.9. The fraction of sp³-hybridized carbons (Fsp3) is 0.387. The topological polar surface area (TPSA) is 38.8 Å². The van der Waals surface area contributed by atoms with Crippen molar-refractivity contribution in [2.45, 2.75) is 63.1 Å². The predicted octanol–water partition coefficient (Wildman–Crippen LogP) is 6.62. The van der Waals surface area contributed by atoms with Crippen molar-refractivity contribution in [1.82, 2.24) is 4.57 Å². The van der Waals surface area contributed by atoms with E-state index in [9.17, 15) is 4.79 Å². The van der Waals surface area contributed by atoms with Crippen LogP contribution in [0.25, 0.3) is 0 Å². The van der Waals surface area contributed by atoms with Gasteiger partial charge < -0.3 is 14.0 Å². The molecule has 0 bridgehead atoms. The summed E-state index contributed by atoms with van der Waals surface area (Å²) in [6.45, 7) is 11.7. The van der Waals surface area contributed by atoms with Gasteiger partial charge in [-0.15, -0.1) is 0 Å². The average Bonchev–Trinajstić information content (AvgIpc) is 2.86. The number of carbonyl (C=O) groups is 1. The van der Waals surface area contributed by atoms with Gasteiger partial charge in [0.2, 0.25) is 5.91 Å². The van der Waals surface area contributed by atoms with E-state index in [0.717, 1.165) is 16.7 Å². The Bertz CT molecular complexity index is 1050. The first-order chi connectivity index (χ1) is 17.1. The van der Waals surface area contributed by atoms with Crippen LogP contribution >= 0.6 is 0 Å². The van der Waals surface area contributed by atoms with E-state index < -0.39 is 13.8 Å². The summed E-state index contributed by atoms with van der Waals surface area (Å²) in [5.74, 6) is 0.231. The summed E-state index contributed by atoms with van der Waals surface area (Å²) >= 11 is 0. The van der Waals surface area contributed by atoms with E-state index in [1.807, 2.05) is 18.2 Å². The second-order valence-corrected chi connectivity index (χ2v) is 16.3. The van der Waals surface area contributed by atoms with Gasteiger partial charge >= 0.3 is 0 Å². The molecule has 0 saturated carbocycles. The Morgan fingerprint density at radius 3 is 1.58 bits per heavy atom. The summed E-state index contributed by atoms with van der Waals surface area (Å²) in [4.78, 5) is 12.9. The van der Waals surface area contributed by atoms with E-state index in [-0.39, 0.29) is 23.1 Å². The Labute approximate surface area is 217 Å². The van der Waals surface area contributed by atoms with Crippen LogP contribution in [0.4, 0.5) is 0 Å². The molecule has 2 atom stereocenters. The molecule has 4 rings (SSSR count). The van der Waals surface area contributed by atoms with Crippen molar-refractivity contribution >= 4 is 14.1 Å². The molecule has 0 radical (unpaired) electrons. The number of carbonyl (C=O) groups excluding carboxylic acids is 1. The zero-order valence-corrected chi connectivity index (χ0v) is 23.4. The van der Waals surface area contributed by atoms with Crippen LogP contribution in [0.15, 0.2) is 91.0 Å². The van der Waals surface area contributed by atoms with Crippen LogP contribution in [0, 0.1) is 0 Å². The van der Waals surface area contributed by atoms with E-state index in [4.69, 9.17) is 9.47 Å². The van der Waals surface area contributed by atoms with Gasteiger partial charge in [0.25, 0.3) is 0 Å². The molecule has 1 amide bonds. The summed E-state index contributed by atoms with van der Waals surface area (Å²) in [5.41, 5.74) is 2.37. The number of hydrogen-bond donors (Lipinski definition) is 0. The number of rotatable bonds is 9. The lowest BCUT2D eigenvalue weighted by Crippen LogP contribution is -2.71. The molecule has 1 aliphatic heterocycles. The molecule has 4 nitrogen and oxygen atoms in total. The van der Waals surface area contributed by atoms with E-state index in [1.165, 1.54) is 0 Å². The molecule has 36 heavy (non-hydrogen) atoms. The highest BCUT2D eigenvalue weighted by molar-refractivity contribution is 6.80. The van der Waals surface area contributed by atoms with Crippen LogP contribution in [0.5, 0.6) is 0 Å². The minimum Gasteiger partial charge on any atom is -0.377 e. The average molecular weight is 502 g/mol. The van der Waals surface area contributed by atoms with Gasteiger partial charge in [0.15, 0.2) is 8.24 Å². The Kier molecular flexibility index (Phi) is 7.55. The van der Waals surface area contributed by atoms with Gasteiger partial charge in [-0.1, -0.05) is 125 Å². The molecule has 1 saturated heterocycles. The smallest absolute Gasteiger partial charge is 0.217 e. The zero-order chi connectivity index (χ0) is 26.0. The Morgan fingerprint density at radius 1 is 0.833 bits per heavy atom. The summed E-state index contributed by atoms with van der Waals surface area (Å²) in [6, 6.07) is 31.1. The van der Waals surface area contributed by atoms with Gasteiger partial charge in [-0.2, -0.15) is 0 Å². The third-order valence-electron chi connectivity index (χ3n) is 8.16. The van der Waals surface area contributed by atoms with Gasteiger partial charge in [-0.05, 0) is 21.7 Å². The fourth-order valence-corrected chi connectivity index (χ4v) is 7.66. The van der Waals surface area contributed by atoms with Crippen molar-refractivity contribution in [3.05, 3.63) is 108 Å². The summed E-state index contributed by atoms with van der Waals surface area (Å²) in [7, 11) is -0.313. The lowest BCUT2D eigenvalue weighted by molar-refractivity contribution is -0.150. The molecule has 0 N–H and O–H groups in total. The minimum absolute atomic E-state index is 0.0170. The van der Waals surface area contributed by atoms with Crippen molar-refractivity contribution in [2.24, 2.45) is 0 Å².